The third-order valence-electron chi connectivity index (χ3n) is 4.05. The Morgan fingerprint density at radius 3 is 2.00 bits per heavy atom. The Morgan fingerprint density at radius 2 is 1.48 bits per heavy atom. The number of benzene rings is 2. The molecular formula is C19H23N3O3. The lowest BCUT2D eigenvalue weighted by Gasteiger charge is -2.29. The van der Waals surface area contributed by atoms with Crippen molar-refractivity contribution in [1.82, 2.24) is 5.43 Å². The zero-order chi connectivity index (χ0) is 18.3. The summed E-state index contributed by atoms with van der Waals surface area (Å²) in [6, 6.07) is 17.1. The molecule has 25 heavy (non-hydrogen) atoms. The Hall–Kier alpha value is -2.86. The molecule has 0 saturated carbocycles. The van der Waals surface area contributed by atoms with Crippen LogP contribution in [0.3, 0.4) is 0 Å². The number of nitrogens with one attached hydrogen (secondary N) is 2. The van der Waals surface area contributed by atoms with Gasteiger partial charge in [-0.1, -0.05) is 50.2 Å². The first-order chi connectivity index (χ1) is 12.0. The lowest BCUT2D eigenvalue weighted by atomic mass is 9.97. The largest absolute Gasteiger partial charge is 0.380 e. The first-order valence-electron chi connectivity index (χ1n) is 8.25. The number of para-hydroxylation sites is 2. The first-order valence-corrected chi connectivity index (χ1v) is 8.25. The van der Waals surface area contributed by atoms with Gasteiger partial charge in [-0.3, -0.25) is 10.2 Å². The fraction of sp³-hybridized carbons (Fsp3) is 0.263. The van der Waals surface area contributed by atoms with Gasteiger partial charge in [0.05, 0.1) is 5.69 Å². The topological polar surface area (TPSA) is 81.7 Å². The van der Waals surface area contributed by atoms with Crippen LogP contribution in [0.4, 0.5) is 16.2 Å². The number of hydrazine groups is 1. The van der Waals surface area contributed by atoms with Crippen molar-refractivity contribution in [2.24, 2.45) is 0 Å². The summed E-state index contributed by atoms with van der Waals surface area (Å²) < 4.78 is 0. The van der Waals surface area contributed by atoms with Gasteiger partial charge < -0.3 is 10.4 Å². The van der Waals surface area contributed by atoms with E-state index in [-0.39, 0.29) is 12.8 Å². The summed E-state index contributed by atoms with van der Waals surface area (Å²) in [6.07, 6.45) is 0.497. The summed E-state index contributed by atoms with van der Waals surface area (Å²) in [5.41, 5.74) is 2.09. The van der Waals surface area contributed by atoms with E-state index in [0.29, 0.717) is 11.4 Å². The van der Waals surface area contributed by atoms with Crippen LogP contribution in [-0.4, -0.2) is 22.6 Å². The van der Waals surface area contributed by atoms with Gasteiger partial charge in [0, 0.05) is 5.69 Å². The molecule has 2 rings (SSSR count). The van der Waals surface area contributed by atoms with Crippen LogP contribution in [0, 0.1) is 0 Å². The Kier molecular flexibility index (Phi) is 6.14. The highest BCUT2D eigenvalue weighted by atomic mass is 16.3. The van der Waals surface area contributed by atoms with E-state index < -0.39 is 17.5 Å². The number of hydrogen-bond donors (Lipinski definition) is 3. The Labute approximate surface area is 147 Å². The van der Waals surface area contributed by atoms with E-state index in [1.165, 1.54) is 0 Å². The zero-order valence-corrected chi connectivity index (χ0v) is 14.4. The maximum absolute atomic E-state index is 12.7. The number of urea groups is 1. The van der Waals surface area contributed by atoms with Crippen molar-refractivity contribution in [3.8, 4) is 0 Å². The maximum atomic E-state index is 12.7. The molecule has 0 aliphatic carbocycles. The number of carbonyl (C=O) groups is 2. The van der Waals surface area contributed by atoms with E-state index in [2.05, 4.69) is 10.7 Å². The van der Waals surface area contributed by atoms with Gasteiger partial charge in [-0.15, -0.1) is 0 Å². The second-order valence-electron chi connectivity index (χ2n) is 5.65. The maximum Gasteiger partial charge on any atom is 0.345 e. The lowest BCUT2D eigenvalue weighted by molar-refractivity contribution is -0.140. The van der Waals surface area contributed by atoms with Gasteiger partial charge >= 0.3 is 6.03 Å². The van der Waals surface area contributed by atoms with Crippen molar-refractivity contribution in [1.29, 1.82) is 0 Å². The van der Waals surface area contributed by atoms with Gasteiger partial charge in [-0.25, -0.2) is 9.80 Å². The van der Waals surface area contributed by atoms with Crippen molar-refractivity contribution in [2.75, 3.05) is 10.3 Å². The average molecular weight is 341 g/mol. The van der Waals surface area contributed by atoms with Gasteiger partial charge in [0.2, 0.25) is 0 Å². The highest BCUT2D eigenvalue weighted by Crippen LogP contribution is 2.18. The molecule has 3 N–H and O–H groups in total. The van der Waals surface area contributed by atoms with Gasteiger partial charge in [-0.05, 0) is 37.1 Å². The molecule has 0 aromatic heterocycles. The number of carbonyl (C=O) groups excluding carboxylic acids is 2. The monoisotopic (exact) mass is 341 g/mol. The second-order valence-corrected chi connectivity index (χ2v) is 5.65. The van der Waals surface area contributed by atoms with E-state index in [4.69, 9.17) is 0 Å². The molecule has 0 aliphatic rings. The minimum atomic E-state index is -1.53. The molecule has 0 fully saturated rings. The summed E-state index contributed by atoms with van der Waals surface area (Å²) in [5, 5.41) is 14.2. The van der Waals surface area contributed by atoms with Gasteiger partial charge in [-0.2, -0.15) is 0 Å². The van der Waals surface area contributed by atoms with Crippen molar-refractivity contribution in [3.63, 3.8) is 0 Å². The van der Waals surface area contributed by atoms with E-state index >= 15 is 0 Å². The van der Waals surface area contributed by atoms with Crippen LogP contribution in [0.25, 0.3) is 0 Å². The van der Waals surface area contributed by atoms with Crippen LogP contribution in [-0.2, 0) is 4.79 Å². The van der Waals surface area contributed by atoms with Crippen LogP contribution >= 0.6 is 0 Å². The van der Waals surface area contributed by atoms with Crippen LogP contribution in [0.2, 0.25) is 0 Å². The molecule has 6 heteroatoms. The number of anilines is 2. The summed E-state index contributed by atoms with van der Waals surface area (Å²) in [4.78, 5) is 25.2. The van der Waals surface area contributed by atoms with Crippen molar-refractivity contribution >= 4 is 23.3 Å². The minimum absolute atomic E-state index is 0.248. The lowest BCUT2D eigenvalue weighted by Crippen LogP contribution is -2.56. The fourth-order valence-electron chi connectivity index (χ4n) is 2.29. The third kappa shape index (κ3) is 4.58. The second kappa shape index (κ2) is 8.30. The van der Waals surface area contributed by atoms with Crippen LogP contribution in [0.5, 0.6) is 0 Å². The van der Waals surface area contributed by atoms with E-state index in [1.54, 1.807) is 62.4 Å². The fourth-order valence-corrected chi connectivity index (χ4v) is 2.29. The van der Waals surface area contributed by atoms with Crippen molar-refractivity contribution in [3.05, 3.63) is 60.7 Å². The molecule has 6 nitrogen and oxygen atoms in total. The van der Waals surface area contributed by atoms with E-state index in [1.807, 2.05) is 12.1 Å². The zero-order valence-electron chi connectivity index (χ0n) is 14.4. The Balaban J connectivity index is 2.25. The molecule has 0 radical (unpaired) electrons. The molecule has 0 spiro atoms. The molecule has 0 bridgehead atoms. The molecule has 0 aliphatic heterocycles. The molecule has 0 unspecified atom stereocenters. The minimum Gasteiger partial charge on any atom is -0.380 e. The first kappa shape index (κ1) is 18.5. The van der Waals surface area contributed by atoms with Crippen LogP contribution in [0.15, 0.2) is 60.7 Å². The number of rotatable bonds is 5. The third-order valence-corrected chi connectivity index (χ3v) is 4.05. The molecule has 0 saturated heterocycles. The highest BCUT2D eigenvalue weighted by molar-refractivity contribution is 6.04. The summed E-state index contributed by atoms with van der Waals surface area (Å²) in [6.45, 7) is 3.44. The number of aliphatic hydroxyl groups is 1. The predicted octanol–water partition coefficient (Wildman–Crippen LogP) is 3.31. The summed E-state index contributed by atoms with van der Waals surface area (Å²) in [5.74, 6) is -0.621. The number of hydrogen-bond acceptors (Lipinski definition) is 3. The number of amides is 3. The van der Waals surface area contributed by atoms with Gasteiger partial charge in [0.1, 0.15) is 5.60 Å². The van der Waals surface area contributed by atoms with Crippen molar-refractivity contribution < 1.29 is 14.7 Å². The van der Waals surface area contributed by atoms with Gasteiger partial charge in [0.25, 0.3) is 5.91 Å². The molecule has 0 heterocycles. The van der Waals surface area contributed by atoms with Gasteiger partial charge in [0.15, 0.2) is 0 Å². The normalized spacial score (nSPS) is 10.8. The molecule has 0 atom stereocenters. The van der Waals surface area contributed by atoms with E-state index in [9.17, 15) is 14.7 Å². The van der Waals surface area contributed by atoms with Crippen molar-refractivity contribution in [2.45, 2.75) is 32.3 Å². The molecule has 132 valence electrons. The Morgan fingerprint density at radius 1 is 0.960 bits per heavy atom. The highest BCUT2D eigenvalue weighted by Gasteiger charge is 2.34. The smallest absolute Gasteiger partial charge is 0.345 e. The van der Waals surface area contributed by atoms with Crippen LogP contribution in [0.1, 0.15) is 26.7 Å². The molecule has 2 aromatic carbocycles. The Bertz CT molecular complexity index is 700. The summed E-state index contributed by atoms with van der Waals surface area (Å²) >= 11 is 0. The molecule has 3 amide bonds. The standard InChI is InChI=1S/C19H23N3O3/c1-3-19(25,4-2)17(23)21-22(16-13-9-6-10-14-16)18(24)20-15-11-7-5-8-12-15/h5-14,25H,3-4H2,1-2H3,(H,20,24)(H,21,23). The number of nitrogens with zero attached hydrogens (tertiary/aromatic N) is 1. The molecule has 2 aromatic rings. The van der Waals surface area contributed by atoms with E-state index in [0.717, 1.165) is 5.01 Å². The predicted molar refractivity (Wildman–Crippen MR) is 98.1 cm³/mol. The summed E-state index contributed by atoms with van der Waals surface area (Å²) in [7, 11) is 0. The SMILES string of the molecule is CCC(O)(CC)C(=O)NN(C(=O)Nc1ccccc1)c1ccccc1. The van der Waals surface area contributed by atoms with Crippen LogP contribution < -0.4 is 15.8 Å². The quantitative estimate of drug-likeness (QED) is 0.730. The molecular weight excluding hydrogens is 318 g/mol. The average Bonchev–Trinajstić information content (AvgIpc) is 2.66.